The average molecular weight is 243 g/mol. The van der Waals surface area contributed by atoms with Crippen molar-refractivity contribution in [3.05, 3.63) is 53.6 Å². The Labute approximate surface area is 105 Å². The van der Waals surface area contributed by atoms with E-state index in [0.717, 1.165) is 5.56 Å². The molecule has 4 heteroatoms. The molecule has 0 unspecified atom stereocenters. The molecule has 0 aromatic heterocycles. The highest BCUT2D eigenvalue weighted by molar-refractivity contribution is 6.06. The molecule has 1 amide bonds. The molecule has 2 aromatic rings. The van der Waals surface area contributed by atoms with Crippen LogP contribution in [0.4, 0.5) is 5.69 Å². The van der Waals surface area contributed by atoms with Crippen molar-refractivity contribution in [1.29, 1.82) is 0 Å². The smallest absolute Gasteiger partial charge is 0.259 e. The molecule has 92 valence electrons. The van der Waals surface area contributed by atoms with Crippen LogP contribution in [-0.2, 0) is 0 Å². The van der Waals surface area contributed by atoms with Crippen LogP contribution in [0.1, 0.15) is 15.9 Å². The first kappa shape index (κ1) is 12.0. The van der Waals surface area contributed by atoms with Gasteiger partial charge in [-0.25, -0.2) is 0 Å². The van der Waals surface area contributed by atoms with Crippen molar-refractivity contribution in [2.75, 3.05) is 5.32 Å². The SMILES string of the molecule is Cc1ccc(O)c(C(=O)Nc2cccc(O)c2)c1. The summed E-state index contributed by atoms with van der Waals surface area (Å²) in [6, 6.07) is 11.0. The highest BCUT2D eigenvalue weighted by Gasteiger charge is 2.11. The summed E-state index contributed by atoms with van der Waals surface area (Å²) in [5.74, 6) is -0.415. The number of nitrogens with one attached hydrogen (secondary N) is 1. The molecule has 0 saturated heterocycles. The summed E-state index contributed by atoms with van der Waals surface area (Å²) in [5, 5.41) is 21.5. The largest absolute Gasteiger partial charge is 0.508 e. The molecule has 0 saturated carbocycles. The summed E-state index contributed by atoms with van der Waals surface area (Å²) in [7, 11) is 0. The van der Waals surface area contributed by atoms with Gasteiger partial charge in [0.2, 0.25) is 0 Å². The molecule has 0 spiro atoms. The number of aryl methyl sites for hydroxylation is 1. The highest BCUT2D eigenvalue weighted by Crippen LogP contribution is 2.21. The maximum absolute atomic E-state index is 11.9. The van der Waals surface area contributed by atoms with Gasteiger partial charge in [-0.15, -0.1) is 0 Å². The fourth-order valence-corrected chi connectivity index (χ4v) is 1.61. The fraction of sp³-hybridized carbons (Fsp3) is 0.0714. The number of aromatic hydroxyl groups is 2. The number of phenolic OH excluding ortho intramolecular Hbond substituents is 2. The average Bonchev–Trinajstić information content (AvgIpc) is 2.32. The minimum Gasteiger partial charge on any atom is -0.508 e. The standard InChI is InChI=1S/C14H13NO3/c1-9-5-6-13(17)12(7-9)14(18)15-10-3-2-4-11(16)8-10/h2-8,16-17H,1H3,(H,15,18). The number of hydrogen-bond acceptors (Lipinski definition) is 3. The van der Waals surface area contributed by atoms with E-state index in [1.54, 1.807) is 24.3 Å². The van der Waals surface area contributed by atoms with E-state index in [1.165, 1.54) is 18.2 Å². The van der Waals surface area contributed by atoms with Crippen LogP contribution in [0.15, 0.2) is 42.5 Å². The van der Waals surface area contributed by atoms with E-state index in [4.69, 9.17) is 0 Å². The van der Waals surface area contributed by atoms with Crippen LogP contribution in [0.5, 0.6) is 11.5 Å². The number of rotatable bonds is 2. The lowest BCUT2D eigenvalue weighted by Crippen LogP contribution is -2.12. The Balaban J connectivity index is 2.24. The van der Waals surface area contributed by atoms with Crippen LogP contribution < -0.4 is 5.32 Å². The monoisotopic (exact) mass is 243 g/mol. The van der Waals surface area contributed by atoms with Crippen molar-refractivity contribution in [2.45, 2.75) is 6.92 Å². The number of carbonyl (C=O) groups excluding carboxylic acids is 1. The Hall–Kier alpha value is -2.49. The summed E-state index contributed by atoms with van der Waals surface area (Å²) in [5.41, 5.74) is 1.56. The van der Waals surface area contributed by atoms with Crippen LogP contribution in [0, 0.1) is 6.92 Å². The van der Waals surface area contributed by atoms with Gasteiger partial charge in [0.25, 0.3) is 5.91 Å². The predicted octanol–water partition coefficient (Wildman–Crippen LogP) is 2.66. The third-order valence-corrected chi connectivity index (χ3v) is 2.50. The number of hydrogen-bond donors (Lipinski definition) is 3. The normalized spacial score (nSPS) is 10.1. The topological polar surface area (TPSA) is 69.6 Å². The van der Waals surface area contributed by atoms with Crippen molar-refractivity contribution >= 4 is 11.6 Å². The molecule has 2 aromatic carbocycles. The Kier molecular flexibility index (Phi) is 3.19. The van der Waals surface area contributed by atoms with Crippen molar-refractivity contribution in [1.82, 2.24) is 0 Å². The summed E-state index contributed by atoms with van der Waals surface area (Å²) in [6.07, 6.45) is 0. The number of amides is 1. The molecular weight excluding hydrogens is 230 g/mol. The zero-order valence-electron chi connectivity index (χ0n) is 9.84. The zero-order valence-corrected chi connectivity index (χ0v) is 9.84. The molecular formula is C14H13NO3. The third kappa shape index (κ3) is 2.60. The first-order valence-corrected chi connectivity index (χ1v) is 5.46. The molecule has 2 rings (SSSR count). The van der Waals surface area contributed by atoms with Crippen molar-refractivity contribution < 1.29 is 15.0 Å². The molecule has 4 nitrogen and oxygen atoms in total. The van der Waals surface area contributed by atoms with Crippen LogP contribution in [-0.4, -0.2) is 16.1 Å². The molecule has 0 heterocycles. The lowest BCUT2D eigenvalue weighted by Gasteiger charge is -2.07. The second kappa shape index (κ2) is 4.79. The van der Waals surface area contributed by atoms with Gasteiger partial charge >= 0.3 is 0 Å². The van der Waals surface area contributed by atoms with Gasteiger partial charge in [0, 0.05) is 11.8 Å². The summed E-state index contributed by atoms with van der Waals surface area (Å²) in [4.78, 5) is 11.9. The Morgan fingerprint density at radius 2 is 1.89 bits per heavy atom. The molecule has 0 bridgehead atoms. The predicted molar refractivity (Wildman–Crippen MR) is 68.9 cm³/mol. The molecule has 0 aliphatic rings. The number of carbonyl (C=O) groups is 1. The molecule has 0 atom stereocenters. The minimum atomic E-state index is -0.415. The lowest BCUT2D eigenvalue weighted by atomic mass is 10.1. The molecule has 0 fully saturated rings. The van der Waals surface area contributed by atoms with Gasteiger partial charge in [-0.3, -0.25) is 4.79 Å². The van der Waals surface area contributed by atoms with Gasteiger partial charge in [0.1, 0.15) is 11.5 Å². The Bertz CT molecular complexity index is 593. The Morgan fingerprint density at radius 1 is 1.11 bits per heavy atom. The maximum atomic E-state index is 11.9. The zero-order chi connectivity index (χ0) is 13.1. The van der Waals surface area contributed by atoms with Gasteiger partial charge in [0.05, 0.1) is 5.56 Å². The molecule has 18 heavy (non-hydrogen) atoms. The highest BCUT2D eigenvalue weighted by atomic mass is 16.3. The van der Waals surface area contributed by atoms with Crippen LogP contribution in [0.3, 0.4) is 0 Å². The van der Waals surface area contributed by atoms with Gasteiger partial charge < -0.3 is 15.5 Å². The second-order valence-electron chi connectivity index (χ2n) is 4.03. The number of benzene rings is 2. The number of phenols is 2. The Morgan fingerprint density at radius 3 is 2.61 bits per heavy atom. The van der Waals surface area contributed by atoms with Gasteiger partial charge in [-0.1, -0.05) is 17.7 Å². The van der Waals surface area contributed by atoms with Crippen LogP contribution >= 0.6 is 0 Å². The van der Waals surface area contributed by atoms with Crippen molar-refractivity contribution in [3.8, 4) is 11.5 Å². The fourth-order valence-electron chi connectivity index (χ4n) is 1.61. The maximum Gasteiger partial charge on any atom is 0.259 e. The van der Waals surface area contributed by atoms with Gasteiger partial charge in [0.15, 0.2) is 0 Å². The molecule has 0 radical (unpaired) electrons. The minimum absolute atomic E-state index is 0.0706. The van der Waals surface area contributed by atoms with Crippen molar-refractivity contribution in [2.24, 2.45) is 0 Å². The summed E-state index contributed by atoms with van der Waals surface area (Å²) < 4.78 is 0. The second-order valence-corrected chi connectivity index (χ2v) is 4.03. The summed E-state index contributed by atoms with van der Waals surface area (Å²) >= 11 is 0. The van der Waals surface area contributed by atoms with Crippen LogP contribution in [0.2, 0.25) is 0 Å². The van der Waals surface area contributed by atoms with E-state index < -0.39 is 5.91 Å². The van der Waals surface area contributed by atoms with Crippen molar-refractivity contribution in [3.63, 3.8) is 0 Å². The number of anilines is 1. The summed E-state index contributed by atoms with van der Waals surface area (Å²) in [6.45, 7) is 1.84. The molecule has 0 aliphatic carbocycles. The first-order chi connectivity index (χ1) is 8.56. The van der Waals surface area contributed by atoms with E-state index in [-0.39, 0.29) is 17.1 Å². The van der Waals surface area contributed by atoms with E-state index in [1.807, 2.05) is 6.92 Å². The van der Waals surface area contributed by atoms with Crippen LogP contribution in [0.25, 0.3) is 0 Å². The third-order valence-electron chi connectivity index (χ3n) is 2.50. The first-order valence-electron chi connectivity index (χ1n) is 5.46. The molecule has 0 aliphatic heterocycles. The van der Waals surface area contributed by atoms with Gasteiger partial charge in [-0.2, -0.15) is 0 Å². The van der Waals surface area contributed by atoms with E-state index in [2.05, 4.69) is 5.32 Å². The van der Waals surface area contributed by atoms with E-state index in [9.17, 15) is 15.0 Å². The van der Waals surface area contributed by atoms with Gasteiger partial charge in [-0.05, 0) is 31.2 Å². The van der Waals surface area contributed by atoms with E-state index >= 15 is 0 Å². The lowest BCUT2D eigenvalue weighted by molar-refractivity contribution is 0.102. The van der Waals surface area contributed by atoms with E-state index in [0.29, 0.717) is 5.69 Å². The molecule has 3 N–H and O–H groups in total. The quantitative estimate of drug-likeness (QED) is 0.759.